The molecule has 0 amide bonds. The highest BCUT2D eigenvalue weighted by atomic mass is 16.6. The molecular formula is C10H14N6O5. The number of rotatable bonds is 4. The quantitative estimate of drug-likeness (QED) is 0.279. The number of aromatic nitrogens is 2. The van der Waals surface area contributed by atoms with Crippen molar-refractivity contribution in [3.05, 3.63) is 33.2 Å². The highest BCUT2D eigenvalue weighted by Crippen LogP contribution is 2.36. The van der Waals surface area contributed by atoms with Crippen molar-refractivity contribution in [3.63, 3.8) is 0 Å². The van der Waals surface area contributed by atoms with Crippen LogP contribution in [0.4, 0.5) is 5.82 Å². The van der Waals surface area contributed by atoms with E-state index in [-0.39, 0.29) is 5.82 Å². The highest BCUT2D eigenvalue weighted by Gasteiger charge is 2.58. The summed E-state index contributed by atoms with van der Waals surface area (Å²) in [4.78, 5) is 17.8. The van der Waals surface area contributed by atoms with Crippen molar-refractivity contribution in [1.82, 2.24) is 9.55 Å². The molecule has 3 atom stereocenters. The molecule has 1 aliphatic rings. The molecule has 1 fully saturated rings. The van der Waals surface area contributed by atoms with E-state index in [0.29, 0.717) is 0 Å². The summed E-state index contributed by atoms with van der Waals surface area (Å²) in [6.45, 7) is -1.63. The molecule has 1 aromatic rings. The molecule has 1 aromatic heterocycles. The normalized spacial score (nSPS) is 31.9. The predicted octanol–water partition coefficient (Wildman–Crippen LogP) is -2.10. The fourth-order valence-corrected chi connectivity index (χ4v) is 2.21. The van der Waals surface area contributed by atoms with Gasteiger partial charge >= 0.3 is 5.69 Å². The zero-order chi connectivity index (χ0) is 15.7. The first kappa shape index (κ1) is 15.2. The lowest BCUT2D eigenvalue weighted by atomic mass is 9.92. The summed E-state index contributed by atoms with van der Waals surface area (Å²) in [6, 6.07) is 1.26. The Bertz CT molecular complexity index is 643. The molecule has 0 aliphatic carbocycles. The maximum absolute atomic E-state index is 11.8. The maximum atomic E-state index is 11.8. The van der Waals surface area contributed by atoms with Gasteiger partial charge in [0.25, 0.3) is 0 Å². The van der Waals surface area contributed by atoms with E-state index in [9.17, 15) is 20.1 Å². The number of ether oxygens (including phenoxy) is 1. The van der Waals surface area contributed by atoms with Crippen molar-refractivity contribution < 1.29 is 20.1 Å². The van der Waals surface area contributed by atoms with Crippen molar-refractivity contribution in [1.29, 1.82) is 0 Å². The summed E-state index contributed by atoms with van der Waals surface area (Å²) < 4.78 is 5.98. The Morgan fingerprint density at radius 1 is 1.71 bits per heavy atom. The Kier molecular flexibility index (Phi) is 3.85. The number of nitrogen functional groups attached to an aromatic ring is 1. The van der Waals surface area contributed by atoms with Crippen LogP contribution in [-0.2, 0) is 10.5 Å². The molecule has 114 valence electrons. The second kappa shape index (κ2) is 5.31. The fraction of sp³-hybridized carbons (Fsp3) is 0.600. The first-order valence-electron chi connectivity index (χ1n) is 5.91. The lowest BCUT2D eigenvalue weighted by Crippen LogP contribution is -2.57. The Labute approximate surface area is 117 Å². The number of nitrogens with two attached hydrogens (primary N) is 1. The average molecular weight is 298 g/mol. The first-order valence-corrected chi connectivity index (χ1v) is 5.91. The van der Waals surface area contributed by atoms with E-state index in [4.69, 9.17) is 16.0 Å². The topological polar surface area (TPSA) is 180 Å². The standard InChI is InChI=1S/C10H14N6O5/c11-6-1-2-16(8(19)14-6)10(20)5-21-9(4-17,7(10)18)3-13-15-12/h1-2,7,17-18,20H,3-5H2,(H2,11,14,19)/t7-,9-,10-/m1/s1. The lowest BCUT2D eigenvalue weighted by molar-refractivity contribution is -0.133. The molecule has 1 saturated heterocycles. The summed E-state index contributed by atoms with van der Waals surface area (Å²) in [5.41, 5.74) is 8.94. The summed E-state index contributed by atoms with van der Waals surface area (Å²) in [7, 11) is 0. The van der Waals surface area contributed by atoms with Crippen LogP contribution in [0, 0.1) is 0 Å². The van der Waals surface area contributed by atoms with Crippen LogP contribution >= 0.6 is 0 Å². The molecule has 21 heavy (non-hydrogen) atoms. The number of anilines is 1. The molecule has 0 bridgehead atoms. The third kappa shape index (κ3) is 2.33. The third-order valence-electron chi connectivity index (χ3n) is 3.42. The summed E-state index contributed by atoms with van der Waals surface area (Å²) in [5.74, 6) is -0.0456. The number of nitrogens with zero attached hydrogens (tertiary/aromatic N) is 5. The van der Waals surface area contributed by atoms with Crippen molar-refractivity contribution in [2.24, 2.45) is 5.11 Å². The number of aliphatic hydroxyl groups excluding tert-OH is 2. The Morgan fingerprint density at radius 2 is 2.43 bits per heavy atom. The predicted molar refractivity (Wildman–Crippen MR) is 68.9 cm³/mol. The van der Waals surface area contributed by atoms with Gasteiger partial charge in [-0.3, -0.25) is 4.57 Å². The molecule has 11 nitrogen and oxygen atoms in total. The Morgan fingerprint density at radius 3 is 3.00 bits per heavy atom. The SMILES string of the molecule is [N-]=[N+]=NC[C@]1(CO)OC[C@](O)(n2ccc(N)nc2=O)[C@@H]1O. The average Bonchev–Trinajstić information content (AvgIpc) is 2.71. The molecule has 0 aromatic carbocycles. The second-order valence-corrected chi connectivity index (χ2v) is 4.69. The van der Waals surface area contributed by atoms with Crippen molar-refractivity contribution in [2.45, 2.75) is 17.4 Å². The van der Waals surface area contributed by atoms with Gasteiger partial charge in [0.15, 0.2) is 5.72 Å². The minimum atomic E-state index is -2.16. The number of aliphatic hydroxyl groups is 3. The smallest absolute Gasteiger partial charge is 0.351 e. The van der Waals surface area contributed by atoms with Gasteiger partial charge in [0, 0.05) is 11.1 Å². The maximum Gasteiger partial charge on any atom is 0.351 e. The van der Waals surface area contributed by atoms with Gasteiger partial charge in [-0.05, 0) is 11.6 Å². The number of hydrogen-bond acceptors (Lipinski definition) is 8. The number of hydrogen-bond donors (Lipinski definition) is 4. The van der Waals surface area contributed by atoms with Crippen LogP contribution in [0.5, 0.6) is 0 Å². The van der Waals surface area contributed by atoms with Gasteiger partial charge in [0.05, 0.1) is 19.8 Å². The van der Waals surface area contributed by atoms with Crippen molar-refractivity contribution >= 4 is 5.82 Å². The minimum absolute atomic E-state index is 0.0456. The molecule has 0 spiro atoms. The van der Waals surface area contributed by atoms with Gasteiger partial charge in [0.2, 0.25) is 0 Å². The van der Waals surface area contributed by atoms with Crippen LogP contribution in [0.1, 0.15) is 0 Å². The van der Waals surface area contributed by atoms with Crippen LogP contribution in [0.2, 0.25) is 0 Å². The monoisotopic (exact) mass is 298 g/mol. The highest BCUT2D eigenvalue weighted by molar-refractivity contribution is 5.24. The molecule has 0 unspecified atom stereocenters. The first-order chi connectivity index (χ1) is 9.89. The molecular weight excluding hydrogens is 284 g/mol. The van der Waals surface area contributed by atoms with Gasteiger partial charge in [-0.25, -0.2) is 4.79 Å². The van der Waals surface area contributed by atoms with E-state index in [0.717, 1.165) is 10.8 Å². The Hall–Kier alpha value is -2.17. The molecule has 5 N–H and O–H groups in total. The van der Waals surface area contributed by atoms with Gasteiger partial charge in [-0.15, -0.1) is 0 Å². The third-order valence-corrected chi connectivity index (χ3v) is 3.42. The second-order valence-electron chi connectivity index (χ2n) is 4.69. The number of azide groups is 1. The van der Waals surface area contributed by atoms with E-state index >= 15 is 0 Å². The van der Waals surface area contributed by atoms with E-state index in [2.05, 4.69) is 15.0 Å². The van der Waals surface area contributed by atoms with Crippen LogP contribution in [0.15, 0.2) is 22.2 Å². The van der Waals surface area contributed by atoms with Crippen LogP contribution in [0.25, 0.3) is 10.4 Å². The fourth-order valence-electron chi connectivity index (χ4n) is 2.21. The van der Waals surface area contributed by atoms with Crippen LogP contribution in [-0.4, -0.2) is 56.3 Å². The van der Waals surface area contributed by atoms with Crippen molar-refractivity contribution in [3.8, 4) is 0 Å². The van der Waals surface area contributed by atoms with E-state index in [1.165, 1.54) is 6.07 Å². The lowest BCUT2D eigenvalue weighted by Gasteiger charge is -2.33. The molecule has 2 heterocycles. The van der Waals surface area contributed by atoms with Gasteiger partial charge in [-0.2, -0.15) is 4.98 Å². The zero-order valence-corrected chi connectivity index (χ0v) is 10.8. The molecule has 0 saturated carbocycles. The van der Waals surface area contributed by atoms with Crippen molar-refractivity contribution in [2.75, 3.05) is 25.5 Å². The summed E-state index contributed by atoms with van der Waals surface area (Å²) in [6.07, 6.45) is -0.568. The van der Waals surface area contributed by atoms with Crippen LogP contribution < -0.4 is 11.4 Å². The van der Waals surface area contributed by atoms with E-state index in [1.807, 2.05) is 0 Å². The van der Waals surface area contributed by atoms with Gasteiger partial charge in [-0.1, -0.05) is 5.11 Å². The molecule has 1 aliphatic heterocycles. The van der Waals surface area contributed by atoms with Gasteiger partial charge < -0.3 is 25.8 Å². The van der Waals surface area contributed by atoms with Crippen LogP contribution in [0.3, 0.4) is 0 Å². The Balaban J connectivity index is 2.45. The minimum Gasteiger partial charge on any atom is -0.393 e. The zero-order valence-electron chi connectivity index (χ0n) is 10.8. The largest absolute Gasteiger partial charge is 0.393 e. The summed E-state index contributed by atoms with van der Waals surface area (Å²) in [5, 5.41) is 33.5. The molecule has 11 heteroatoms. The van der Waals surface area contributed by atoms with Gasteiger partial charge in [0.1, 0.15) is 17.5 Å². The molecule has 2 rings (SSSR count). The van der Waals surface area contributed by atoms with E-state index < -0.39 is 42.9 Å². The summed E-state index contributed by atoms with van der Waals surface area (Å²) >= 11 is 0. The molecule has 0 radical (unpaired) electrons. The van der Waals surface area contributed by atoms with E-state index in [1.54, 1.807) is 0 Å².